The number of hydrogen-bond donors (Lipinski definition) is 1. The number of rotatable bonds is 5. The molecule has 1 N–H and O–H groups in total. The van der Waals surface area contributed by atoms with Gasteiger partial charge >= 0.3 is 0 Å². The summed E-state index contributed by atoms with van der Waals surface area (Å²) in [5.41, 5.74) is 1.99. The highest BCUT2D eigenvalue weighted by molar-refractivity contribution is 5.38. The second kappa shape index (κ2) is 5.80. The van der Waals surface area contributed by atoms with Gasteiger partial charge in [-0.3, -0.25) is 0 Å². The summed E-state index contributed by atoms with van der Waals surface area (Å²) in [6, 6.07) is 5.58. The van der Waals surface area contributed by atoms with Crippen molar-refractivity contribution in [1.29, 1.82) is 0 Å². The molecule has 0 saturated heterocycles. The highest BCUT2D eigenvalue weighted by Gasteiger charge is 2.13. The fourth-order valence-electron chi connectivity index (χ4n) is 1.57. The minimum atomic E-state index is -2.33. The van der Waals surface area contributed by atoms with E-state index in [4.69, 9.17) is 4.74 Å². The summed E-state index contributed by atoms with van der Waals surface area (Å²) in [5, 5.41) is 2.77. The van der Waals surface area contributed by atoms with Crippen molar-refractivity contribution in [3.05, 3.63) is 29.3 Å². The second-order valence-electron chi connectivity index (χ2n) is 3.77. The van der Waals surface area contributed by atoms with Crippen molar-refractivity contribution in [2.24, 2.45) is 0 Å². The lowest BCUT2D eigenvalue weighted by Crippen LogP contribution is -2.25. The number of halogens is 2. The lowest BCUT2D eigenvalue weighted by molar-refractivity contribution is 0.142. The zero-order chi connectivity index (χ0) is 12.1. The first-order valence-corrected chi connectivity index (χ1v) is 5.20. The molecule has 1 rings (SSSR count). The van der Waals surface area contributed by atoms with Crippen LogP contribution in [0.5, 0.6) is 5.75 Å². The van der Waals surface area contributed by atoms with Crippen LogP contribution >= 0.6 is 0 Å². The lowest BCUT2D eigenvalue weighted by Gasteiger charge is -2.17. The van der Waals surface area contributed by atoms with Crippen molar-refractivity contribution >= 4 is 0 Å². The first kappa shape index (κ1) is 12.9. The van der Waals surface area contributed by atoms with E-state index in [-0.39, 0.29) is 12.6 Å². The molecule has 0 spiro atoms. The maximum Gasteiger partial charge on any atom is 0.250 e. The topological polar surface area (TPSA) is 21.3 Å². The van der Waals surface area contributed by atoms with Crippen LogP contribution in [-0.4, -0.2) is 20.1 Å². The summed E-state index contributed by atoms with van der Waals surface area (Å²) in [6.07, 6.45) is -2.33. The van der Waals surface area contributed by atoms with Crippen LogP contribution in [0, 0.1) is 6.92 Å². The Kier molecular flexibility index (Phi) is 4.68. The van der Waals surface area contributed by atoms with Gasteiger partial charge in [0.2, 0.25) is 0 Å². The molecule has 1 unspecified atom stereocenters. The third kappa shape index (κ3) is 3.45. The van der Waals surface area contributed by atoms with Gasteiger partial charge in [0, 0.05) is 11.6 Å². The van der Waals surface area contributed by atoms with Gasteiger partial charge in [-0.2, -0.15) is 0 Å². The number of aryl methyl sites for hydroxylation is 1. The molecule has 0 aliphatic heterocycles. The Morgan fingerprint density at radius 2 is 2.06 bits per heavy atom. The Morgan fingerprint density at radius 1 is 1.38 bits per heavy atom. The van der Waals surface area contributed by atoms with E-state index in [0.29, 0.717) is 0 Å². The van der Waals surface area contributed by atoms with Gasteiger partial charge in [0.25, 0.3) is 6.43 Å². The summed E-state index contributed by atoms with van der Waals surface area (Å²) < 4.78 is 29.4. The van der Waals surface area contributed by atoms with E-state index in [1.54, 1.807) is 7.11 Å². The predicted octanol–water partition coefficient (Wildman–Crippen LogP) is 2.92. The van der Waals surface area contributed by atoms with Crippen molar-refractivity contribution < 1.29 is 13.5 Å². The molecule has 1 aromatic rings. The van der Waals surface area contributed by atoms with E-state index in [0.717, 1.165) is 16.9 Å². The van der Waals surface area contributed by atoms with Gasteiger partial charge in [0.15, 0.2) is 0 Å². The highest BCUT2D eigenvalue weighted by atomic mass is 19.3. The van der Waals surface area contributed by atoms with Gasteiger partial charge in [0.05, 0.1) is 13.7 Å². The molecule has 0 aliphatic carbocycles. The Balaban J connectivity index is 2.80. The number of methoxy groups -OCH3 is 1. The van der Waals surface area contributed by atoms with E-state index in [2.05, 4.69) is 5.32 Å². The minimum Gasteiger partial charge on any atom is -0.496 e. The molecule has 0 heterocycles. The van der Waals surface area contributed by atoms with Gasteiger partial charge in [-0.25, -0.2) is 8.78 Å². The van der Waals surface area contributed by atoms with Crippen molar-refractivity contribution in [1.82, 2.24) is 5.32 Å². The fourth-order valence-corrected chi connectivity index (χ4v) is 1.57. The number of ether oxygens (including phenoxy) is 1. The summed E-state index contributed by atoms with van der Waals surface area (Å²) in [6.45, 7) is 3.50. The predicted molar refractivity (Wildman–Crippen MR) is 60.2 cm³/mol. The molecule has 0 amide bonds. The van der Waals surface area contributed by atoms with E-state index in [1.165, 1.54) is 0 Å². The van der Waals surface area contributed by atoms with Gasteiger partial charge in [-0.15, -0.1) is 0 Å². The number of hydrogen-bond acceptors (Lipinski definition) is 2. The van der Waals surface area contributed by atoms with Gasteiger partial charge in [-0.1, -0.05) is 17.7 Å². The zero-order valence-electron chi connectivity index (χ0n) is 9.76. The van der Waals surface area contributed by atoms with Crippen LogP contribution < -0.4 is 10.1 Å². The molecule has 4 heteroatoms. The minimum absolute atomic E-state index is 0.149. The van der Waals surface area contributed by atoms with E-state index in [1.807, 2.05) is 32.0 Å². The van der Waals surface area contributed by atoms with Gasteiger partial charge < -0.3 is 10.1 Å². The average molecular weight is 229 g/mol. The molecule has 0 aromatic heterocycles. The molecule has 0 saturated carbocycles. The van der Waals surface area contributed by atoms with Crippen molar-refractivity contribution in [3.63, 3.8) is 0 Å². The Bertz CT molecular complexity index is 342. The summed E-state index contributed by atoms with van der Waals surface area (Å²) in [7, 11) is 1.58. The Labute approximate surface area is 94.6 Å². The molecule has 1 aromatic carbocycles. The van der Waals surface area contributed by atoms with Crippen LogP contribution in [0.2, 0.25) is 0 Å². The standard InChI is InChI=1S/C12H17F2NO/c1-8-4-5-11(16-3)10(6-8)9(2)15-7-12(13)14/h4-6,9,12,15H,7H2,1-3H3. The van der Waals surface area contributed by atoms with E-state index < -0.39 is 6.43 Å². The molecular weight excluding hydrogens is 212 g/mol. The third-order valence-corrected chi connectivity index (χ3v) is 2.43. The average Bonchev–Trinajstić information content (AvgIpc) is 2.25. The van der Waals surface area contributed by atoms with Crippen LogP contribution in [0.1, 0.15) is 24.1 Å². The zero-order valence-corrected chi connectivity index (χ0v) is 9.76. The quantitative estimate of drug-likeness (QED) is 0.838. The molecule has 0 radical (unpaired) electrons. The maximum atomic E-state index is 12.1. The highest BCUT2D eigenvalue weighted by Crippen LogP contribution is 2.25. The number of alkyl halides is 2. The van der Waals surface area contributed by atoms with Crippen LogP contribution in [0.15, 0.2) is 18.2 Å². The van der Waals surface area contributed by atoms with E-state index >= 15 is 0 Å². The van der Waals surface area contributed by atoms with E-state index in [9.17, 15) is 8.78 Å². The molecule has 0 aliphatic rings. The molecular formula is C12H17F2NO. The van der Waals surface area contributed by atoms with Gasteiger partial charge in [-0.05, 0) is 19.9 Å². The van der Waals surface area contributed by atoms with Crippen LogP contribution in [-0.2, 0) is 0 Å². The largest absolute Gasteiger partial charge is 0.496 e. The Morgan fingerprint density at radius 3 is 2.62 bits per heavy atom. The SMILES string of the molecule is COc1ccc(C)cc1C(C)NCC(F)F. The van der Waals surface area contributed by atoms with Crippen LogP contribution in [0.3, 0.4) is 0 Å². The number of benzene rings is 1. The van der Waals surface area contributed by atoms with Crippen molar-refractivity contribution in [3.8, 4) is 5.75 Å². The molecule has 2 nitrogen and oxygen atoms in total. The van der Waals surface area contributed by atoms with Crippen LogP contribution in [0.25, 0.3) is 0 Å². The van der Waals surface area contributed by atoms with Gasteiger partial charge in [0.1, 0.15) is 5.75 Å². The molecule has 1 atom stereocenters. The second-order valence-corrected chi connectivity index (χ2v) is 3.77. The smallest absolute Gasteiger partial charge is 0.250 e. The molecule has 0 fully saturated rings. The Hall–Kier alpha value is -1.16. The van der Waals surface area contributed by atoms with Crippen molar-refractivity contribution in [2.45, 2.75) is 26.3 Å². The molecule has 16 heavy (non-hydrogen) atoms. The first-order chi connectivity index (χ1) is 7.54. The summed E-state index contributed by atoms with van der Waals surface area (Å²) in [5.74, 6) is 0.722. The maximum absolute atomic E-state index is 12.1. The normalized spacial score (nSPS) is 12.9. The first-order valence-electron chi connectivity index (χ1n) is 5.20. The lowest BCUT2D eigenvalue weighted by atomic mass is 10.0. The third-order valence-electron chi connectivity index (χ3n) is 2.43. The summed E-state index contributed by atoms with van der Waals surface area (Å²) in [4.78, 5) is 0. The monoisotopic (exact) mass is 229 g/mol. The van der Waals surface area contributed by atoms with Crippen LogP contribution in [0.4, 0.5) is 8.78 Å². The van der Waals surface area contributed by atoms with Crippen molar-refractivity contribution in [2.75, 3.05) is 13.7 Å². The molecule has 0 bridgehead atoms. The molecule has 90 valence electrons. The fraction of sp³-hybridized carbons (Fsp3) is 0.500. The summed E-state index contributed by atoms with van der Waals surface area (Å²) >= 11 is 0. The number of nitrogens with one attached hydrogen (secondary N) is 1.